The van der Waals surface area contributed by atoms with Crippen molar-refractivity contribution in [2.45, 2.75) is 32.2 Å². The summed E-state index contributed by atoms with van der Waals surface area (Å²) in [6.45, 7) is 6.04. The summed E-state index contributed by atoms with van der Waals surface area (Å²) in [5, 5.41) is 6.96. The van der Waals surface area contributed by atoms with Crippen LogP contribution < -0.4 is 10.9 Å². The van der Waals surface area contributed by atoms with Gasteiger partial charge in [-0.3, -0.25) is 9.59 Å². The van der Waals surface area contributed by atoms with Gasteiger partial charge in [-0.25, -0.2) is 13.1 Å². The molecule has 0 aliphatic heterocycles. The van der Waals surface area contributed by atoms with E-state index in [0.717, 1.165) is 14.4 Å². The van der Waals surface area contributed by atoms with E-state index in [1.165, 1.54) is 34.6 Å². The lowest BCUT2D eigenvalue weighted by molar-refractivity contribution is -0.117. The zero-order valence-electron chi connectivity index (χ0n) is 17.5. The summed E-state index contributed by atoms with van der Waals surface area (Å²) < 4.78 is 27.6. The molecule has 3 aromatic rings. The smallest absolute Gasteiger partial charge is 0.267 e. The van der Waals surface area contributed by atoms with E-state index in [1.807, 2.05) is 19.1 Å². The number of hydrogen-bond acceptors (Lipinski definition) is 6. The van der Waals surface area contributed by atoms with Gasteiger partial charge in [-0.15, -0.1) is 11.3 Å². The molecule has 1 amide bonds. The van der Waals surface area contributed by atoms with Crippen LogP contribution in [-0.2, 0) is 21.4 Å². The van der Waals surface area contributed by atoms with E-state index >= 15 is 0 Å². The van der Waals surface area contributed by atoms with E-state index in [0.29, 0.717) is 24.5 Å². The molecule has 2 aromatic heterocycles. The van der Waals surface area contributed by atoms with Crippen molar-refractivity contribution in [3.63, 3.8) is 0 Å². The van der Waals surface area contributed by atoms with Crippen molar-refractivity contribution in [3.8, 4) is 10.6 Å². The Bertz CT molecular complexity index is 1230. The van der Waals surface area contributed by atoms with Gasteiger partial charge in [0.05, 0.1) is 9.77 Å². The van der Waals surface area contributed by atoms with Crippen LogP contribution in [0.15, 0.2) is 58.2 Å². The molecule has 0 spiro atoms. The lowest BCUT2D eigenvalue weighted by atomic mass is 10.3. The summed E-state index contributed by atoms with van der Waals surface area (Å²) in [6, 6.07) is 12.9. The van der Waals surface area contributed by atoms with E-state index in [9.17, 15) is 18.0 Å². The van der Waals surface area contributed by atoms with Crippen LogP contribution >= 0.6 is 11.3 Å². The minimum absolute atomic E-state index is 0.158. The van der Waals surface area contributed by atoms with Crippen LogP contribution in [0, 0.1) is 6.92 Å². The number of benzene rings is 1. The third kappa shape index (κ3) is 5.27. The highest BCUT2D eigenvalue weighted by atomic mass is 32.2. The Kier molecular flexibility index (Phi) is 7.04. The van der Waals surface area contributed by atoms with Gasteiger partial charge >= 0.3 is 0 Å². The predicted octanol–water partition coefficient (Wildman–Crippen LogP) is 2.95. The summed E-state index contributed by atoms with van der Waals surface area (Å²) in [5.41, 5.74) is 0.672. The van der Waals surface area contributed by atoms with Crippen LogP contribution in [0.5, 0.6) is 0 Å². The number of nitrogens with one attached hydrogen (secondary N) is 1. The SMILES string of the molecule is CCN(CC)S(=O)(=O)c1ccc(NC(=O)Cn2nc(-c3ccc(C)s3)ccc2=O)cc1. The summed E-state index contributed by atoms with van der Waals surface area (Å²) in [6.07, 6.45) is 0. The Labute approximate surface area is 185 Å². The molecule has 0 saturated carbocycles. The van der Waals surface area contributed by atoms with E-state index in [2.05, 4.69) is 10.4 Å². The Morgan fingerprint density at radius 1 is 1.06 bits per heavy atom. The van der Waals surface area contributed by atoms with Crippen LogP contribution in [-0.4, -0.2) is 41.5 Å². The monoisotopic (exact) mass is 460 g/mol. The normalized spacial score (nSPS) is 11.6. The van der Waals surface area contributed by atoms with Gasteiger partial charge in [0.25, 0.3) is 5.56 Å². The molecule has 2 heterocycles. The molecular formula is C21H24N4O4S2. The van der Waals surface area contributed by atoms with Crippen LogP contribution in [0.3, 0.4) is 0 Å². The van der Waals surface area contributed by atoms with Gasteiger partial charge in [0.2, 0.25) is 15.9 Å². The van der Waals surface area contributed by atoms with Gasteiger partial charge in [-0.05, 0) is 49.4 Å². The first kappa shape index (κ1) is 22.9. The van der Waals surface area contributed by atoms with E-state index in [4.69, 9.17) is 0 Å². The first-order valence-corrected chi connectivity index (χ1v) is 12.0. The fourth-order valence-electron chi connectivity index (χ4n) is 3.03. The first-order valence-electron chi connectivity index (χ1n) is 9.79. The number of anilines is 1. The predicted molar refractivity (Wildman–Crippen MR) is 122 cm³/mol. The highest BCUT2D eigenvalue weighted by Crippen LogP contribution is 2.25. The summed E-state index contributed by atoms with van der Waals surface area (Å²) in [4.78, 5) is 26.8. The van der Waals surface area contributed by atoms with Crippen molar-refractivity contribution in [1.29, 1.82) is 0 Å². The maximum Gasteiger partial charge on any atom is 0.267 e. The van der Waals surface area contributed by atoms with Crippen LogP contribution in [0.1, 0.15) is 18.7 Å². The second-order valence-electron chi connectivity index (χ2n) is 6.79. The van der Waals surface area contributed by atoms with Crippen LogP contribution in [0.4, 0.5) is 5.69 Å². The van der Waals surface area contributed by atoms with Gasteiger partial charge in [-0.1, -0.05) is 13.8 Å². The number of rotatable bonds is 8. The molecule has 0 saturated heterocycles. The standard InChI is InChI=1S/C21H24N4O4S2/c1-4-24(5-2)31(28,29)17-9-7-16(8-10-17)22-20(26)14-25-21(27)13-11-18(23-25)19-12-6-15(3)30-19/h6-13H,4-5,14H2,1-3H3,(H,22,26). The van der Waals surface area contributed by atoms with E-state index in [-0.39, 0.29) is 17.0 Å². The van der Waals surface area contributed by atoms with Gasteiger partial charge in [0.1, 0.15) is 12.2 Å². The number of hydrogen-bond donors (Lipinski definition) is 1. The second-order valence-corrected chi connectivity index (χ2v) is 10.0. The van der Waals surface area contributed by atoms with Crippen molar-refractivity contribution < 1.29 is 13.2 Å². The second kappa shape index (κ2) is 9.54. The van der Waals surface area contributed by atoms with Crippen molar-refractivity contribution in [1.82, 2.24) is 14.1 Å². The Balaban J connectivity index is 1.72. The molecule has 0 aliphatic carbocycles. The topological polar surface area (TPSA) is 101 Å². The number of carbonyl (C=O) groups excluding carboxylic acids is 1. The third-order valence-electron chi connectivity index (χ3n) is 4.63. The highest BCUT2D eigenvalue weighted by molar-refractivity contribution is 7.89. The number of amides is 1. The molecule has 0 aliphatic rings. The van der Waals surface area contributed by atoms with Gasteiger partial charge in [0.15, 0.2) is 0 Å². The summed E-state index contributed by atoms with van der Waals surface area (Å²) in [5.74, 6) is -0.437. The average Bonchev–Trinajstić information content (AvgIpc) is 3.17. The summed E-state index contributed by atoms with van der Waals surface area (Å²) in [7, 11) is -3.56. The van der Waals surface area contributed by atoms with Crippen molar-refractivity contribution in [2.75, 3.05) is 18.4 Å². The van der Waals surface area contributed by atoms with E-state index < -0.39 is 15.9 Å². The lowest BCUT2D eigenvalue weighted by Crippen LogP contribution is -2.30. The Morgan fingerprint density at radius 3 is 2.32 bits per heavy atom. The molecule has 0 unspecified atom stereocenters. The van der Waals surface area contributed by atoms with Crippen LogP contribution in [0.25, 0.3) is 10.6 Å². The zero-order chi connectivity index (χ0) is 22.6. The number of aromatic nitrogens is 2. The van der Waals surface area contributed by atoms with E-state index in [1.54, 1.807) is 31.3 Å². The molecule has 1 aromatic carbocycles. The van der Waals surface area contributed by atoms with Gasteiger partial charge in [0, 0.05) is 29.7 Å². The molecule has 8 nitrogen and oxygen atoms in total. The molecule has 10 heteroatoms. The summed E-state index contributed by atoms with van der Waals surface area (Å²) >= 11 is 1.55. The molecule has 0 radical (unpaired) electrons. The van der Waals surface area contributed by atoms with Crippen molar-refractivity contribution in [3.05, 3.63) is 63.8 Å². The molecule has 0 bridgehead atoms. The highest BCUT2D eigenvalue weighted by Gasteiger charge is 2.21. The molecule has 1 N–H and O–H groups in total. The third-order valence-corrected chi connectivity index (χ3v) is 7.72. The maximum atomic E-state index is 12.6. The molecular weight excluding hydrogens is 436 g/mol. The molecule has 31 heavy (non-hydrogen) atoms. The van der Waals surface area contributed by atoms with Crippen molar-refractivity contribution in [2.24, 2.45) is 0 Å². The Morgan fingerprint density at radius 2 is 1.74 bits per heavy atom. The Hall–Kier alpha value is -2.82. The maximum absolute atomic E-state index is 12.6. The quantitative estimate of drug-likeness (QED) is 0.557. The first-order chi connectivity index (χ1) is 14.7. The molecule has 0 fully saturated rings. The number of sulfonamides is 1. The minimum Gasteiger partial charge on any atom is -0.324 e. The number of thiophene rings is 1. The molecule has 3 rings (SSSR count). The fourth-order valence-corrected chi connectivity index (χ4v) is 5.32. The zero-order valence-corrected chi connectivity index (χ0v) is 19.2. The molecule has 164 valence electrons. The van der Waals surface area contributed by atoms with Crippen molar-refractivity contribution >= 4 is 33.0 Å². The van der Waals surface area contributed by atoms with Gasteiger partial charge in [-0.2, -0.15) is 9.40 Å². The fraction of sp³-hybridized carbons (Fsp3) is 0.286. The lowest BCUT2D eigenvalue weighted by Gasteiger charge is -2.18. The number of aryl methyl sites for hydroxylation is 1. The minimum atomic E-state index is -3.56. The number of carbonyl (C=O) groups is 1. The average molecular weight is 461 g/mol. The molecule has 0 atom stereocenters. The number of nitrogens with zero attached hydrogens (tertiary/aromatic N) is 3. The van der Waals surface area contributed by atoms with Gasteiger partial charge < -0.3 is 5.32 Å². The van der Waals surface area contributed by atoms with Crippen LogP contribution in [0.2, 0.25) is 0 Å². The largest absolute Gasteiger partial charge is 0.324 e.